The number of nitrogens with zero attached hydrogens (tertiary/aromatic N) is 2. The van der Waals surface area contributed by atoms with Crippen molar-refractivity contribution in [2.45, 2.75) is 38.6 Å². The van der Waals surface area contributed by atoms with Gasteiger partial charge in [-0.2, -0.15) is 0 Å². The molecule has 0 spiro atoms. The van der Waals surface area contributed by atoms with E-state index in [1.165, 1.54) is 11.8 Å². The lowest BCUT2D eigenvalue weighted by Gasteiger charge is -2.29. The third-order valence-electron chi connectivity index (χ3n) is 4.62. The Bertz CT molecular complexity index is 611. The third kappa shape index (κ3) is 6.84. The molecule has 1 atom stereocenters. The number of amides is 1. The highest BCUT2D eigenvalue weighted by molar-refractivity contribution is 6.30. The molecule has 26 heavy (non-hydrogen) atoms. The molecule has 1 unspecified atom stereocenters. The number of carboxylic acids is 1. The van der Waals surface area contributed by atoms with Gasteiger partial charge in [0.2, 0.25) is 5.91 Å². The molecule has 0 saturated carbocycles. The molecule has 7 heteroatoms. The van der Waals surface area contributed by atoms with Crippen LogP contribution >= 0.6 is 11.6 Å². The summed E-state index contributed by atoms with van der Waals surface area (Å²) < 4.78 is 5.71. The number of ether oxygens (including phenoxy) is 1. The number of rotatable bonds is 8. The Morgan fingerprint density at radius 1 is 1.35 bits per heavy atom. The van der Waals surface area contributed by atoms with E-state index in [9.17, 15) is 9.59 Å². The smallest absolute Gasteiger partial charge is 0.323 e. The van der Waals surface area contributed by atoms with Crippen molar-refractivity contribution in [3.63, 3.8) is 0 Å². The van der Waals surface area contributed by atoms with Crippen molar-refractivity contribution in [3.05, 3.63) is 29.3 Å². The van der Waals surface area contributed by atoms with Crippen molar-refractivity contribution in [2.75, 3.05) is 32.8 Å². The number of hydrogen-bond donors (Lipinski definition) is 1. The highest BCUT2D eigenvalue weighted by atomic mass is 35.5. The lowest BCUT2D eigenvalue weighted by molar-refractivity contribution is -0.145. The van der Waals surface area contributed by atoms with E-state index in [2.05, 4.69) is 4.90 Å². The molecule has 1 amide bonds. The molecule has 6 nitrogen and oxygen atoms in total. The topological polar surface area (TPSA) is 70.1 Å². The van der Waals surface area contributed by atoms with Gasteiger partial charge >= 0.3 is 5.97 Å². The van der Waals surface area contributed by atoms with Gasteiger partial charge in [0.15, 0.2) is 0 Å². The first kappa shape index (κ1) is 20.5. The average molecular weight is 383 g/mol. The number of aliphatic carboxylic acids is 1. The van der Waals surface area contributed by atoms with Gasteiger partial charge in [-0.15, -0.1) is 0 Å². The molecule has 1 aromatic carbocycles. The van der Waals surface area contributed by atoms with Crippen molar-refractivity contribution in [2.24, 2.45) is 0 Å². The summed E-state index contributed by atoms with van der Waals surface area (Å²) in [4.78, 5) is 26.6. The predicted molar refractivity (Wildman–Crippen MR) is 101 cm³/mol. The largest absolute Gasteiger partial charge is 0.493 e. The first-order valence-electron chi connectivity index (χ1n) is 9.05. The van der Waals surface area contributed by atoms with E-state index >= 15 is 0 Å². The Labute approximate surface area is 159 Å². The second-order valence-electron chi connectivity index (χ2n) is 6.63. The van der Waals surface area contributed by atoms with Gasteiger partial charge < -0.3 is 19.6 Å². The van der Waals surface area contributed by atoms with Gasteiger partial charge in [-0.05, 0) is 50.4 Å². The van der Waals surface area contributed by atoms with Gasteiger partial charge in [-0.1, -0.05) is 17.7 Å². The summed E-state index contributed by atoms with van der Waals surface area (Å²) in [5.41, 5.74) is 0. The van der Waals surface area contributed by atoms with Crippen LogP contribution in [0.3, 0.4) is 0 Å². The van der Waals surface area contributed by atoms with Crippen LogP contribution < -0.4 is 4.74 Å². The normalized spacial score (nSPS) is 18.2. The van der Waals surface area contributed by atoms with E-state index in [1.807, 2.05) is 18.2 Å². The average Bonchev–Trinajstić information content (AvgIpc) is 2.82. The van der Waals surface area contributed by atoms with Crippen molar-refractivity contribution < 1.29 is 19.4 Å². The molecule has 1 heterocycles. The molecule has 2 rings (SSSR count). The van der Waals surface area contributed by atoms with E-state index in [0.717, 1.165) is 51.1 Å². The number of benzene rings is 1. The lowest BCUT2D eigenvalue weighted by atomic mass is 10.1. The zero-order valence-corrected chi connectivity index (χ0v) is 16.0. The number of halogens is 1. The van der Waals surface area contributed by atoms with E-state index in [0.29, 0.717) is 11.6 Å². The molecular weight excluding hydrogens is 356 g/mol. The Hall–Kier alpha value is -1.79. The van der Waals surface area contributed by atoms with E-state index in [1.54, 1.807) is 6.07 Å². The molecule has 1 saturated heterocycles. The van der Waals surface area contributed by atoms with Gasteiger partial charge in [0, 0.05) is 31.1 Å². The van der Waals surface area contributed by atoms with Gasteiger partial charge in [0.05, 0.1) is 6.61 Å². The standard InChI is InChI=1S/C19H27ClN2O4/c1-15(23)22(14-19(24)25)17-6-3-9-21(11-8-17)10-4-12-26-18-7-2-5-16(20)13-18/h2,5,7,13,17H,3-4,6,8-12,14H2,1H3,(H,24,25). The minimum absolute atomic E-state index is 0.0105. The fourth-order valence-electron chi connectivity index (χ4n) is 3.35. The van der Waals surface area contributed by atoms with Crippen LogP contribution in [0.2, 0.25) is 5.02 Å². The number of carbonyl (C=O) groups excluding carboxylic acids is 1. The molecular formula is C19H27ClN2O4. The quantitative estimate of drug-likeness (QED) is 0.700. The number of carbonyl (C=O) groups is 2. The zero-order valence-electron chi connectivity index (χ0n) is 15.2. The van der Waals surface area contributed by atoms with Crippen LogP contribution in [0.1, 0.15) is 32.6 Å². The van der Waals surface area contributed by atoms with E-state index in [4.69, 9.17) is 21.4 Å². The van der Waals surface area contributed by atoms with Crippen LogP contribution in [-0.4, -0.2) is 65.6 Å². The van der Waals surface area contributed by atoms with Gasteiger partial charge in [-0.3, -0.25) is 9.59 Å². The summed E-state index contributed by atoms with van der Waals surface area (Å²) in [5.74, 6) is -0.348. The fourth-order valence-corrected chi connectivity index (χ4v) is 3.53. The lowest BCUT2D eigenvalue weighted by Crippen LogP contribution is -2.42. The van der Waals surface area contributed by atoms with E-state index in [-0.39, 0.29) is 18.5 Å². The predicted octanol–water partition coefficient (Wildman–Crippen LogP) is 2.90. The molecule has 0 bridgehead atoms. The minimum atomic E-state index is -0.959. The molecule has 144 valence electrons. The van der Waals surface area contributed by atoms with Gasteiger partial charge in [-0.25, -0.2) is 0 Å². The first-order chi connectivity index (χ1) is 12.5. The molecule has 1 aromatic rings. The molecule has 1 aliphatic heterocycles. The fraction of sp³-hybridized carbons (Fsp3) is 0.579. The van der Waals surface area contributed by atoms with Crippen LogP contribution in [-0.2, 0) is 9.59 Å². The molecule has 1 aliphatic rings. The summed E-state index contributed by atoms with van der Waals surface area (Å²) in [5, 5.41) is 9.68. The maximum atomic E-state index is 11.8. The third-order valence-corrected chi connectivity index (χ3v) is 4.86. The van der Waals surface area contributed by atoms with Crippen molar-refractivity contribution in [3.8, 4) is 5.75 Å². The van der Waals surface area contributed by atoms with Crippen LogP contribution in [0.5, 0.6) is 5.75 Å². The Morgan fingerprint density at radius 2 is 2.15 bits per heavy atom. The van der Waals surface area contributed by atoms with Crippen molar-refractivity contribution >= 4 is 23.5 Å². The highest BCUT2D eigenvalue weighted by Gasteiger charge is 2.25. The van der Waals surface area contributed by atoms with Crippen molar-refractivity contribution in [1.29, 1.82) is 0 Å². The summed E-state index contributed by atoms with van der Waals surface area (Å²) in [6, 6.07) is 7.38. The highest BCUT2D eigenvalue weighted by Crippen LogP contribution is 2.19. The summed E-state index contributed by atoms with van der Waals surface area (Å²) in [6.45, 7) is 4.61. The number of hydrogen-bond acceptors (Lipinski definition) is 4. The Kier molecular flexibility index (Phi) is 8.19. The summed E-state index contributed by atoms with van der Waals surface area (Å²) in [7, 11) is 0. The van der Waals surface area contributed by atoms with E-state index < -0.39 is 5.97 Å². The van der Waals surface area contributed by atoms with Crippen LogP contribution in [0.4, 0.5) is 0 Å². The molecule has 0 aromatic heterocycles. The number of likely N-dealkylation sites (tertiary alicyclic amines) is 1. The van der Waals surface area contributed by atoms with Crippen LogP contribution in [0, 0.1) is 0 Å². The molecule has 1 fully saturated rings. The Morgan fingerprint density at radius 3 is 2.85 bits per heavy atom. The van der Waals surface area contributed by atoms with Gasteiger partial charge in [0.25, 0.3) is 0 Å². The maximum absolute atomic E-state index is 11.8. The minimum Gasteiger partial charge on any atom is -0.493 e. The molecule has 0 aliphatic carbocycles. The maximum Gasteiger partial charge on any atom is 0.323 e. The first-order valence-corrected chi connectivity index (χ1v) is 9.43. The van der Waals surface area contributed by atoms with Gasteiger partial charge in [0.1, 0.15) is 12.3 Å². The Balaban J connectivity index is 1.74. The SMILES string of the molecule is CC(=O)N(CC(=O)O)C1CCCN(CCCOc2cccc(Cl)c2)CC1. The second kappa shape index (κ2) is 10.4. The van der Waals surface area contributed by atoms with Crippen LogP contribution in [0.15, 0.2) is 24.3 Å². The monoisotopic (exact) mass is 382 g/mol. The molecule has 0 radical (unpaired) electrons. The second-order valence-corrected chi connectivity index (χ2v) is 7.06. The number of carboxylic acid groups (broad SMARTS) is 1. The van der Waals surface area contributed by atoms with Crippen molar-refractivity contribution in [1.82, 2.24) is 9.80 Å². The zero-order chi connectivity index (χ0) is 18.9. The van der Waals surface area contributed by atoms with Crippen LogP contribution in [0.25, 0.3) is 0 Å². The molecule has 1 N–H and O–H groups in total. The summed E-state index contributed by atoms with van der Waals surface area (Å²) >= 11 is 5.94. The summed E-state index contributed by atoms with van der Waals surface area (Å²) in [6.07, 6.45) is 3.52.